The Bertz CT molecular complexity index is 1140. The Labute approximate surface area is 182 Å². The second kappa shape index (κ2) is 10.2. The lowest BCUT2D eigenvalue weighted by molar-refractivity contribution is -0.137. The zero-order valence-corrected chi connectivity index (χ0v) is 17.8. The number of aromatic nitrogens is 1. The maximum Gasteiger partial charge on any atom is 0.303 e. The van der Waals surface area contributed by atoms with E-state index in [0.717, 1.165) is 11.8 Å². The van der Waals surface area contributed by atoms with E-state index in [-0.39, 0.29) is 42.4 Å². The van der Waals surface area contributed by atoms with Crippen molar-refractivity contribution in [3.8, 4) is 11.5 Å². The Hall–Kier alpha value is -3.18. The van der Waals surface area contributed by atoms with Gasteiger partial charge in [0.1, 0.15) is 12.4 Å². The maximum atomic E-state index is 14.2. The fourth-order valence-electron chi connectivity index (χ4n) is 2.50. The lowest BCUT2D eigenvalue weighted by Gasteiger charge is -2.12. The number of halogens is 1. The molecular formula is C20H19FN2O6S2. The van der Waals surface area contributed by atoms with Crippen LogP contribution in [0.15, 0.2) is 58.3 Å². The molecule has 0 aliphatic carbocycles. The summed E-state index contributed by atoms with van der Waals surface area (Å²) in [5, 5.41) is 10.4. The fourth-order valence-corrected chi connectivity index (χ4v) is 4.10. The number of anilines is 1. The third-order valence-electron chi connectivity index (χ3n) is 3.96. The second-order valence-corrected chi connectivity index (χ2v) is 8.74. The van der Waals surface area contributed by atoms with Gasteiger partial charge in [-0.15, -0.1) is 11.3 Å². The topological polar surface area (TPSA) is 115 Å². The SMILES string of the molecule is O=C(O)CCCOc1ccc(S(=O)(=O)Nc2cccc(OCc3cscn3)c2)cc1F. The van der Waals surface area contributed by atoms with E-state index in [0.29, 0.717) is 5.75 Å². The van der Waals surface area contributed by atoms with Gasteiger partial charge >= 0.3 is 5.97 Å². The van der Waals surface area contributed by atoms with Crippen molar-refractivity contribution in [1.29, 1.82) is 0 Å². The van der Waals surface area contributed by atoms with Crippen molar-refractivity contribution < 1.29 is 32.2 Å². The number of nitrogens with one attached hydrogen (secondary N) is 1. The average molecular weight is 467 g/mol. The summed E-state index contributed by atoms with van der Waals surface area (Å²) in [6.07, 6.45) is 0.0990. The Morgan fingerprint density at radius 3 is 2.74 bits per heavy atom. The van der Waals surface area contributed by atoms with Crippen LogP contribution in [0.25, 0.3) is 0 Å². The van der Waals surface area contributed by atoms with E-state index in [4.69, 9.17) is 14.6 Å². The zero-order chi connectivity index (χ0) is 22.3. The Balaban J connectivity index is 1.64. The summed E-state index contributed by atoms with van der Waals surface area (Å²) < 4.78 is 52.7. The zero-order valence-electron chi connectivity index (χ0n) is 16.2. The van der Waals surface area contributed by atoms with Crippen molar-refractivity contribution in [3.05, 3.63) is 64.9 Å². The molecule has 0 saturated heterocycles. The predicted octanol–water partition coefficient (Wildman–Crippen LogP) is 3.91. The third-order valence-corrected chi connectivity index (χ3v) is 5.98. The van der Waals surface area contributed by atoms with Gasteiger partial charge in [0.2, 0.25) is 0 Å². The van der Waals surface area contributed by atoms with E-state index in [2.05, 4.69) is 9.71 Å². The molecule has 0 aliphatic heterocycles. The maximum absolute atomic E-state index is 14.2. The van der Waals surface area contributed by atoms with Gasteiger partial charge in [-0.3, -0.25) is 9.52 Å². The molecular weight excluding hydrogens is 447 g/mol. The number of hydrogen-bond acceptors (Lipinski definition) is 7. The van der Waals surface area contributed by atoms with Gasteiger partial charge in [-0.1, -0.05) is 6.07 Å². The molecule has 31 heavy (non-hydrogen) atoms. The van der Waals surface area contributed by atoms with Crippen LogP contribution in [-0.2, 0) is 21.4 Å². The molecule has 3 aromatic rings. The minimum Gasteiger partial charge on any atom is -0.491 e. The van der Waals surface area contributed by atoms with Gasteiger partial charge in [0, 0.05) is 17.9 Å². The van der Waals surface area contributed by atoms with E-state index in [1.54, 1.807) is 23.7 Å². The first-order valence-corrected chi connectivity index (χ1v) is 11.5. The molecule has 0 atom stereocenters. The van der Waals surface area contributed by atoms with Gasteiger partial charge in [-0.05, 0) is 36.8 Å². The number of aliphatic carboxylic acids is 1. The standard InChI is InChI=1S/C20H19FN2O6S2/c21-18-10-17(6-7-19(18)28-8-2-5-20(24)25)31(26,27)23-14-3-1-4-16(9-14)29-11-15-12-30-13-22-15/h1,3-4,6-7,9-10,12-13,23H,2,5,8,11H2,(H,24,25). The lowest BCUT2D eigenvalue weighted by atomic mass is 10.3. The fraction of sp³-hybridized carbons (Fsp3) is 0.200. The highest BCUT2D eigenvalue weighted by Crippen LogP contribution is 2.25. The molecule has 0 spiro atoms. The van der Waals surface area contributed by atoms with Gasteiger partial charge < -0.3 is 14.6 Å². The van der Waals surface area contributed by atoms with Crippen molar-refractivity contribution >= 4 is 33.0 Å². The molecule has 1 heterocycles. The summed E-state index contributed by atoms with van der Waals surface area (Å²) in [7, 11) is -4.05. The molecule has 0 aliphatic rings. The number of carboxylic acid groups (broad SMARTS) is 1. The molecule has 1 aromatic heterocycles. The first-order valence-electron chi connectivity index (χ1n) is 9.10. The number of benzene rings is 2. The molecule has 3 rings (SSSR count). The average Bonchev–Trinajstić information content (AvgIpc) is 3.24. The Kier molecular flexibility index (Phi) is 7.42. The van der Waals surface area contributed by atoms with Crippen molar-refractivity contribution in [1.82, 2.24) is 4.98 Å². The molecule has 0 bridgehead atoms. The van der Waals surface area contributed by atoms with Crippen molar-refractivity contribution in [2.75, 3.05) is 11.3 Å². The largest absolute Gasteiger partial charge is 0.491 e. The first-order chi connectivity index (χ1) is 14.8. The second-order valence-electron chi connectivity index (χ2n) is 6.34. The van der Waals surface area contributed by atoms with Crippen LogP contribution in [0.2, 0.25) is 0 Å². The quantitative estimate of drug-likeness (QED) is 0.412. The summed E-state index contributed by atoms with van der Waals surface area (Å²) in [6.45, 7) is 0.250. The van der Waals surface area contributed by atoms with Gasteiger partial charge in [-0.25, -0.2) is 17.8 Å². The van der Waals surface area contributed by atoms with Crippen LogP contribution in [-0.4, -0.2) is 31.1 Å². The number of carbonyl (C=O) groups is 1. The van der Waals surface area contributed by atoms with Crippen LogP contribution < -0.4 is 14.2 Å². The molecule has 0 unspecified atom stereocenters. The van der Waals surface area contributed by atoms with Crippen molar-refractivity contribution in [3.63, 3.8) is 0 Å². The van der Waals surface area contributed by atoms with Crippen molar-refractivity contribution in [2.45, 2.75) is 24.3 Å². The van der Waals surface area contributed by atoms with Crippen LogP contribution >= 0.6 is 11.3 Å². The van der Waals surface area contributed by atoms with Crippen LogP contribution in [0.3, 0.4) is 0 Å². The highest BCUT2D eigenvalue weighted by atomic mass is 32.2. The van der Waals surface area contributed by atoms with E-state index in [9.17, 15) is 17.6 Å². The molecule has 2 N–H and O–H groups in total. The van der Waals surface area contributed by atoms with Crippen LogP contribution in [0.1, 0.15) is 18.5 Å². The third kappa shape index (κ3) is 6.66. The van der Waals surface area contributed by atoms with E-state index < -0.39 is 21.8 Å². The highest BCUT2D eigenvalue weighted by Gasteiger charge is 2.17. The number of thiazole rings is 1. The van der Waals surface area contributed by atoms with Gasteiger partial charge in [0.15, 0.2) is 11.6 Å². The minimum atomic E-state index is -4.05. The molecule has 0 saturated carbocycles. The number of nitrogens with zero attached hydrogens (tertiary/aromatic N) is 1. The number of ether oxygens (including phenoxy) is 2. The summed E-state index contributed by atoms with van der Waals surface area (Å²) in [6, 6.07) is 9.61. The van der Waals surface area contributed by atoms with Gasteiger partial charge in [-0.2, -0.15) is 0 Å². The van der Waals surface area contributed by atoms with Gasteiger partial charge in [0.25, 0.3) is 10.0 Å². The van der Waals surface area contributed by atoms with Gasteiger partial charge in [0.05, 0.1) is 28.4 Å². The monoisotopic (exact) mass is 466 g/mol. The predicted molar refractivity (Wildman–Crippen MR) is 112 cm³/mol. The highest BCUT2D eigenvalue weighted by molar-refractivity contribution is 7.92. The van der Waals surface area contributed by atoms with E-state index in [1.165, 1.54) is 29.5 Å². The number of carboxylic acids is 1. The van der Waals surface area contributed by atoms with Crippen molar-refractivity contribution in [2.24, 2.45) is 0 Å². The van der Waals surface area contributed by atoms with E-state index in [1.807, 2.05) is 5.38 Å². The summed E-state index contributed by atoms with van der Waals surface area (Å²) in [4.78, 5) is 14.3. The van der Waals surface area contributed by atoms with Crippen LogP contribution in [0, 0.1) is 5.82 Å². The van der Waals surface area contributed by atoms with E-state index >= 15 is 0 Å². The molecule has 0 radical (unpaired) electrons. The smallest absolute Gasteiger partial charge is 0.303 e. The number of hydrogen-bond donors (Lipinski definition) is 2. The molecule has 2 aromatic carbocycles. The Morgan fingerprint density at radius 1 is 1.19 bits per heavy atom. The molecule has 0 fully saturated rings. The summed E-state index contributed by atoms with van der Waals surface area (Å²) in [5.74, 6) is -1.54. The lowest BCUT2D eigenvalue weighted by Crippen LogP contribution is -2.13. The molecule has 0 amide bonds. The summed E-state index contributed by atoms with van der Waals surface area (Å²) in [5.41, 5.74) is 2.70. The van der Waals surface area contributed by atoms with Crippen LogP contribution in [0.4, 0.5) is 10.1 Å². The summed E-state index contributed by atoms with van der Waals surface area (Å²) >= 11 is 1.45. The minimum absolute atomic E-state index is 0.00125. The normalized spacial score (nSPS) is 11.1. The Morgan fingerprint density at radius 2 is 2.03 bits per heavy atom. The number of sulfonamides is 1. The molecule has 8 nitrogen and oxygen atoms in total. The number of rotatable bonds is 11. The molecule has 164 valence electrons. The molecule has 11 heteroatoms. The first kappa shape index (κ1) is 22.5. The van der Waals surface area contributed by atoms with Crippen LogP contribution in [0.5, 0.6) is 11.5 Å².